The molecule has 0 spiro atoms. The van der Waals surface area contributed by atoms with Gasteiger partial charge in [0.25, 0.3) is 0 Å². The first-order valence-corrected chi connectivity index (χ1v) is 9.75. The average Bonchev–Trinajstić information content (AvgIpc) is 3.44. The average molecular weight is 397 g/mol. The normalized spacial score (nSPS) is 19.3. The number of nitrogens with two attached hydrogens (primary N) is 1. The summed E-state index contributed by atoms with van der Waals surface area (Å²) < 4.78 is 2.04. The number of anilines is 2. The van der Waals surface area contributed by atoms with Crippen molar-refractivity contribution in [1.29, 1.82) is 0 Å². The lowest BCUT2D eigenvalue weighted by Crippen LogP contribution is -2.29. The molecular formula is C24H23N5O. The number of pyridine rings is 2. The van der Waals surface area contributed by atoms with Crippen molar-refractivity contribution in [3.8, 4) is 12.3 Å². The van der Waals surface area contributed by atoms with Gasteiger partial charge in [0.15, 0.2) is 0 Å². The standard InChI is InChI=1S/C24H23N5O/c1-5-14-10-18(14)24(30)28-22-12-15-11-20(27-23(25)19(15)13-26-22)16(6-2)17-8-9-29(4)21(17)7-3/h1,6-9,11-14,18H,2,10H2,3-4H3,(H2,25,27)(H,26,28,30)/b17-16+,21-7+. The molecule has 1 aliphatic rings. The molecule has 3 heterocycles. The van der Waals surface area contributed by atoms with E-state index in [9.17, 15) is 4.79 Å². The fraction of sp³-hybridized carbons (Fsp3) is 0.208. The third-order valence-corrected chi connectivity index (χ3v) is 5.50. The highest BCUT2D eigenvalue weighted by molar-refractivity contribution is 5.98. The minimum Gasteiger partial charge on any atom is -0.383 e. The zero-order chi connectivity index (χ0) is 21.4. The van der Waals surface area contributed by atoms with Crippen molar-refractivity contribution in [3.63, 3.8) is 0 Å². The Kier molecular flexibility index (Phi) is 4.88. The molecule has 3 N–H and O–H groups in total. The second kappa shape index (κ2) is 7.53. The van der Waals surface area contributed by atoms with Crippen molar-refractivity contribution < 1.29 is 4.79 Å². The highest BCUT2D eigenvalue weighted by Crippen LogP contribution is 2.38. The van der Waals surface area contributed by atoms with Crippen molar-refractivity contribution in [2.45, 2.75) is 13.3 Å². The number of nitrogen functional groups attached to an aromatic ring is 1. The van der Waals surface area contributed by atoms with Crippen LogP contribution in [-0.2, 0) is 11.8 Å². The predicted octanol–water partition coefficient (Wildman–Crippen LogP) is 1.94. The van der Waals surface area contributed by atoms with E-state index in [1.165, 1.54) is 0 Å². The maximum Gasteiger partial charge on any atom is 0.229 e. The number of aryl methyl sites for hydroxylation is 1. The molecule has 30 heavy (non-hydrogen) atoms. The molecule has 150 valence electrons. The Labute approximate surface area is 174 Å². The van der Waals surface area contributed by atoms with Crippen LogP contribution >= 0.6 is 0 Å². The number of carbonyl (C=O) groups is 1. The number of aromatic nitrogens is 3. The van der Waals surface area contributed by atoms with E-state index < -0.39 is 0 Å². The lowest BCUT2D eigenvalue weighted by Gasteiger charge is -2.09. The molecule has 1 fully saturated rings. The van der Waals surface area contributed by atoms with Crippen molar-refractivity contribution in [2.24, 2.45) is 18.9 Å². The third-order valence-electron chi connectivity index (χ3n) is 5.50. The molecule has 3 aromatic rings. The van der Waals surface area contributed by atoms with E-state index in [1.807, 2.05) is 42.9 Å². The van der Waals surface area contributed by atoms with Gasteiger partial charge in [0.2, 0.25) is 5.91 Å². The van der Waals surface area contributed by atoms with Gasteiger partial charge in [-0.05, 0) is 36.9 Å². The molecule has 6 nitrogen and oxygen atoms in total. The molecule has 2 atom stereocenters. The molecular weight excluding hydrogens is 374 g/mol. The van der Waals surface area contributed by atoms with Crippen LogP contribution in [0.4, 0.5) is 11.6 Å². The predicted molar refractivity (Wildman–Crippen MR) is 121 cm³/mol. The first-order chi connectivity index (χ1) is 14.5. The topological polar surface area (TPSA) is 85.8 Å². The molecule has 2 unspecified atom stereocenters. The fourth-order valence-corrected chi connectivity index (χ4v) is 3.75. The molecule has 1 aliphatic carbocycles. The van der Waals surface area contributed by atoms with E-state index in [0.29, 0.717) is 17.3 Å². The lowest BCUT2D eigenvalue weighted by atomic mass is 10.1. The summed E-state index contributed by atoms with van der Waals surface area (Å²) in [6.45, 7) is 5.97. The van der Waals surface area contributed by atoms with Gasteiger partial charge < -0.3 is 15.6 Å². The Balaban J connectivity index is 1.80. The summed E-state index contributed by atoms with van der Waals surface area (Å²) in [5, 5.41) is 6.51. The van der Waals surface area contributed by atoms with E-state index in [-0.39, 0.29) is 17.7 Å². The lowest BCUT2D eigenvalue weighted by molar-refractivity contribution is -0.117. The number of hydrogen-bond donors (Lipinski definition) is 2. The first-order valence-electron chi connectivity index (χ1n) is 9.75. The molecule has 3 aromatic heterocycles. The van der Waals surface area contributed by atoms with Gasteiger partial charge in [-0.1, -0.05) is 18.7 Å². The van der Waals surface area contributed by atoms with E-state index >= 15 is 0 Å². The summed E-state index contributed by atoms with van der Waals surface area (Å²) in [5.74, 6) is 3.26. The summed E-state index contributed by atoms with van der Waals surface area (Å²) in [5.41, 5.74) is 7.82. The molecule has 0 saturated heterocycles. The minimum atomic E-state index is -0.131. The van der Waals surface area contributed by atoms with Gasteiger partial charge in [0, 0.05) is 46.9 Å². The van der Waals surface area contributed by atoms with Crippen LogP contribution in [0.25, 0.3) is 22.4 Å². The molecule has 0 bridgehead atoms. The second-order valence-corrected chi connectivity index (χ2v) is 7.42. The Hall–Kier alpha value is -3.85. The van der Waals surface area contributed by atoms with Gasteiger partial charge in [-0.15, -0.1) is 12.3 Å². The highest BCUT2D eigenvalue weighted by atomic mass is 16.2. The van der Waals surface area contributed by atoms with Crippen LogP contribution in [0.3, 0.4) is 0 Å². The van der Waals surface area contributed by atoms with Gasteiger partial charge in [-0.2, -0.15) is 0 Å². The van der Waals surface area contributed by atoms with Crippen LogP contribution in [0.5, 0.6) is 0 Å². The van der Waals surface area contributed by atoms with Gasteiger partial charge >= 0.3 is 0 Å². The molecule has 0 aromatic carbocycles. The molecule has 1 saturated carbocycles. The minimum absolute atomic E-state index is 0.0251. The highest BCUT2D eigenvalue weighted by Gasteiger charge is 2.41. The van der Waals surface area contributed by atoms with Gasteiger partial charge in [0.05, 0.1) is 11.6 Å². The van der Waals surface area contributed by atoms with E-state index in [2.05, 4.69) is 27.8 Å². The second-order valence-electron chi connectivity index (χ2n) is 7.42. The Bertz CT molecular complexity index is 1340. The number of fused-ring (bicyclic) bond motifs is 1. The number of hydrogen-bond acceptors (Lipinski definition) is 4. The summed E-state index contributed by atoms with van der Waals surface area (Å²) >= 11 is 0. The number of terminal acetylenes is 1. The van der Waals surface area contributed by atoms with Crippen LogP contribution in [-0.4, -0.2) is 20.4 Å². The summed E-state index contributed by atoms with van der Waals surface area (Å²) in [6, 6.07) is 5.78. The molecule has 6 heteroatoms. The van der Waals surface area contributed by atoms with Crippen molar-refractivity contribution in [2.75, 3.05) is 11.1 Å². The van der Waals surface area contributed by atoms with Crippen LogP contribution in [0.1, 0.15) is 19.0 Å². The molecule has 0 aliphatic heterocycles. The summed E-state index contributed by atoms with van der Waals surface area (Å²) in [7, 11) is 1.99. The zero-order valence-corrected chi connectivity index (χ0v) is 17.0. The SMILES string of the molecule is C#CC1CC1C(=O)Nc1cc2cc(/C(C=C)=c3\ccn(C)\c3=C\C)nc(N)c2cn1. The van der Waals surface area contributed by atoms with Gasteiger partial charge in [0.1, 0.15) is 11.6 Å². The Morgan fingerprint density at radius 2 is 2.27 bits per heavy atom. The van der Waals surface area contributed by atoms with Crippen LogP contribution < -0.4 is 21.6 Å². The van der Waals surface area contributed by atoms with Crippen molar-refractivity contribution in [3.05, 3.63) is 59.5 Å². The monoisotopic (exact) mass is 397 g/mol. The van der Waals surface area contributed by atoms with Crippen LogP contribution in [0.15, 0.2) is 43.2 Å². The number of amides is 1. The number of nitrogens with zero attached hydrogens (tertiary/aromatic N) is 3. The fourth-order valence-electron chi connectivity index (χ4n) is 3.75. The van der Waals surface area contributed by atoms with E-state index in [1.54, 1.807) is 18.3 Å². The Morgan fingerprint density at radius 1 is 1.47 bits per heavy atom. The largest absolute Gasteiger partial charge is 0.383 e. The maximum atomic E-state index is 12.3. The van der Waals surface area contributed by atoms with Crippen LogP contribution in [0.2, 0.25) is 0 Å². The third kappa shape index (κ3) is 3.35. The number of nitrogens with one attached hydrogen (secondary N) is 1. The molecule has 1 amide bonds. The number of allylic oxidation sites excluding steroid dienone is 1. The van der Waals surface area contributed by atoms with Crippen LogP contribution in [0, 0.1) is 24.2 Å². The van der Waals surface area contributed by atoms with Gasteiger partial charge in [-0.25, -0.2) is 9.97 Å². The van der Waals surface area contributed by atoms with E-state index in [0.717, 1.165) is 33.3 Å². The molecule has 4 rings (SSSR count). The molecule has 0 radical (unpaired) electrons. The summed E-state index contributed by atoms with van der Waals surface area (Å²) in [6.07, 6.45) is 13.6. The van der Waals surface area contributed by atoms with Crippen molar-refractivity contribution in [1.82, 2.24) is 14.5 Å². The summed E-state index contributed by atoms with van der Waals surface area (Å²) in [4.78, 5) is 21.2. The Morgan fingerprint density at radius 3 is 2.93 bits per heavy atom. The zero-order valence-electron chi connectivity index (χ0n) is 17.0. The first kappa shape index (κ1) is 19.5. The number of rotatable bonds is 4. The quantitative estimate of drug-likeness (QED) is 0.659. The van der Waals surface area contributed by atoms with Gasteiger partial charge in [-0.3, -0.25) is 4.79 Å². The maximum absolute atomic E-state index is 12.3. The van der Waals surface area contributed by atoms with E-state index in [4.69, 9.17) is 12.2 Å². The van der Waals surface area contributed by atoms with Crippen molar-refractivity contribution >= 4 is 40.0 Å². The smallest absolute Gasteiger partial charge is 0.229 e. The number of carbonyl (C=O) groups excluding carboxylic acids is 1.